The van der Waals surface area contributed by atoms with Gasteiger partial charge in [0.15, 0.2) is 6.61 Å². The third-order valence-electron chi connectivity index (χ3n) is 3.62. The highest BCUT2D eigenvalue weighted by atomic mass is 16.5. The van der Waals surface area contributed by atoms with Gasteiger partial charge in [0.2, 0.25) is 0 Å². The van der Waals surface area contributed by atoms with E-state index in [9.17, 15) is 9.59 Å². The molecule has 2 amide bonds. The first kappa shape index (κ1) is 15.8. The fourth-order valence-corrected chi connectivity index (χ4v) is 2.52. The summed E-state index contributed by atoms with van der Waals surface area (Å²) in [6, 6.07) is 14.2. The van der Waals surface area contributed by atoms with Crippen molar-refractivity contribution in [1.29, 1.82) is 0 Å². The number of carbonyl (C=O) groups is 2. The Morgan fingerprint density at radius 1 is 1.25 bits per heavy atom. The number of benzene rings is 2. The molecule has 0 aromatic heterocycles. The lowest BCUT2D eigenvalue weighted by atomic mass is 10.1. The van der Waals surface area contributed by atoms with Crippen LogP contribution >= 0.6 is 0 Å². The first-order valence-electron chi connectivity index (χ1n) is 7.62. The highest BCUT2D eigenvalue weighted by Crippen LogP contribution is 2.35. The summed E-state index contributed by atoms with van der Waals surface area (Å²) >= 11 is 0. The Bertz CT molecular complexity index is 800. The van der Waals surface area contributed by atoms with Gasteiger partial charge >= 0.3 is 0 Å². The predicted molar refractivity (Wildman–Crippen MR) is 93.5 cm³/mol. The highest BCUT2D eigenvalue weighted by Gasteiger charge is 2.25. The lowest BCUT2D eigenvalue weighted by molar-refractivity contribution is -0.121. The first-order chi connectivity index (χ1) is 11.5. The molecule has 0 fully saturated rings. The number of carbonyl (C=O) groups excluding carboxylic acids is 2. The summed E-state index contributed by atoms with van der Waals surface area (Å²) in [5, 5.41) is 2.84. The topological polar surface area (TPSA) is 58.6 Å². The van der Waals surface area contributed by atoms with Gasteiger partial charge < -0.3 is 15.0 Å². The maximum absolute atomic E-state index is 12.3. The third-order valence-corrected chi connectivity index (χ3v) is 3.62. The van der Waals surface area contributed by atoms with Crippen molar-refractivity contribution in [2.75, 3.05) is 23.4 Å². The van der Waals surface area contributed by atoms with E-state index in [1.807, 2.05) is 25.1 Å². The Labute approximate surface area is 140 Å². The SMILES string of the molecule is C=C(C)CN1C(=O)COc2ccc(NC(=O)c3ccccc3)cc21. The second-order valence-corrected chi connectivity index (χ2v) is 5.73. The van der Waals surface area contributed by atoms with Crippen LogP contribution in [0.25, 0.3) is 0 Å². The average molecular weight is 322 g/mol. The molecular weight excluding hydrogens is 304 g/mol. The van der Waals surface area contributed by atoms with E-state index < -0.39 is 0 Å². The van der Waals surface area contributed by atoms with E-state index in [4.69, 9.17) is 4.74 Å². The van der Waals surface area contributed by atoms with E-state index in [2.05, 4.69) is 11.9 Å². The van der Waals surface area contributed by atoms with Crippen LogP contribution in [0.1, 0.15) is 17.3 Å². The number of fused-ring (bicyclic) bond motifs is 1. The molecule has 2 aromatic carbocycles. The number of ether oxygens (including phenoxy) is 1. The normalized spacial score (nSPS) is 13.0. The predicted octanol–water partition coefficient (Wildman–Crippen LogP) is 3.24. The van der Waals surface area contributed by atoms with Gasteiger partial charge in [-0.15, -0.1) is 0 Å². The van der Waals surface area contributed by atoms with Crippen LogP contribution in [-0.2, 0) is 4.79 Å². The van der Waals surface area contributed by atoms with Crippen molar-refractivity contribution in [3.8, 4) is 5.75 Å². The van der Waals surface area contributed by atoms with E-state index in [0.29, 0.717) is 29.2 Å². The Kier molecular flexibility index (Phi) is 4.33. The van der Waals surface area contributed by atoms with Crippen molar-refractivity contribution >= 4 is 23.2 Å². The summed E-state index contributed by atoms with van der Waals surface area (Å²) in [5.41, 5.74) is 2.68. The summed E-state index contributed by atoms with van der Waals surface area (Å²) in [6.45, 7) is 6.16. The zero-order chi connectivity index (χ0) is 17.1. The van der Waals surface area contributed by atoms with Crippen LogP contribution in [0.3, 0.4) is 0 Å². The minimum atomic E-state index is -0.204. The molecule has 0 atom stereocenters. The van der Waals surface area contributed by atoms with Gasteiger partial charge in [-0.1, -0.05) is 30.4 Å². The molecule has 0 bridgehead atoms. The molecule has 0 unspecified atom stereocenters. The Morgan fingerprint density at radius 2 is 2.00 bits per heavy atom. The molecule has 5 heteroatoms. The van der Waals surface area contributed by atoms with Gasteiger partial charge in [-0.05, 0) is 37.3 Å². The van der Waals surface area contributed by atoms with Crippen molar-refractivity contribution in [3.05, 3.63) is 66.2 Å². The summed E-state index contributed by atoms with van der Waals surface area (Å²) < 4.78 is 5.46. The van der Waals surface area contributed by atoms with Crippen LogP contribution in [-0.4, -0.2) is 25.0 Å². The minimum absolute atomic E-state index is 0.00992. The van der Waals surface area contributed by atoms with Gasteiger partial charge in [0, 0.05) is 17.8 Å². The van der Waals surface area contributed by atoms with E-state index in [1.165, 1.54) is 0 Å². The van der Waals surface area contributed by atoms with Crippen LogP contribution in [0.15, 0.2) is 60.7 Å². The molecular formula is C19H18N2O3. The standard InChI is InChI=1S/C19H18N2O3/c1-13(2)11-21-16-10-15(8-9-17(16)24-12-18(21)22)20-19(23)14-6-4-3-5-7-14/h3-10H,1,11-12H2,2H3,(H,20,23). The molecule has 0 aliphatic carbocycles. The quantitative estimate of drug-likeness (QED) is 0.879. The van der Waals surface area contributed by atoms with Crippen LogP contribution in [0, 0.1) is 0 Å². The van der Waals surface area contributed by atoms with Gasteiger partial charge in [-0.3, -0.25) is 9.59 Å². The molecule has 5 nitrogen and oxygen atoms in total. The van der Waals surface area contributed by atoms with Gasteiger partial charge in [-0.25, -0.2) is 0 Å². The molecule has 122 valence electrons. The van der Waals surface area contributed by atoms with Crippen LogP contribution in [0.2, 0.25) is 0 Å². The maximum atomic E-state index is 12.3. The van der Waals surface area contributed by atoms with Crippen LogP contribution < -0.4 is 15.0 Å². The third kappa shape index (κ3) is 3.30. The maximum Gasteiger partial charge on any atom is 0.265 e. The monoisotopic (exact) mass is 322 g/mol. The Morgan fingerprint density at radius 3 is 2.71 bits per heavy atom. The lowest BCUT2D eigenvalue weighted by Crippen LogP contribution is -2.39. The lowest BCUT2D eigenvalue weighted by Gasteiger charge is -2.30. The second-order valence-electron chi connectivity index (χ2n) is 5.73. The number of amides is 2. The highest BCUT2D eigenvalue weighted by molar-refractivity contribution is 6.05. The van der Waals surface area contributed by atoms with Crippen molar-refractivity contribution in [2.45, 2.75) is 6.92 Å². The molecule has 1 aliphatic rings. The average Bonchev–Trinajstić information content (AvgIpc) is 2.58. The van der Waals surface area contributed by atoms with Crippen molar-refractivity contribution in [1.82, 2.24) is 0 Å². The van der Waals surface area contributed by atoms with Crippen LogP contribution in [0.5, 0.6) is 5.75 Å². The zero-order valence-electron chi connectivity index (χ0n) is 13.4. The number of nitrogens with one attached hydrogen (secondary N) is 1. The number of hydrogen-bond donors (Lipinski definition) is 1. The smallest absolute Gasteiger partial charge is 0.265 e. The molecule has 24 heavy (non-hydrogen) atoms. The number of anilines is 2. The molecule has 0 radical (unpaired) electrons. The summed E-state index contributed by atoms with van der Waals surface area (Å²) in [6.07, 6.45) is 0. The van der Waals surface area contributed by atoms with Gasteiger partial charge in [0.25, 0.3) is 11.8 Å². The summed E-state index contributed by atoms with van der Waals surface area (Å²) in [7, 11) is 0. The van der Waals surface area contributed by atoms with E-state index >= 15 is 0 Å². The zero-order valence-corrected chi connectivity index (χ0v) is 13.4. The molecule has 0 saturated carbocycles. The second kappa shape index (κ2) is 6.58. The Balaban J connectivity index is 1.87. The minimum Gasteiger partial charge on any atom is -0.482 e. The van der Waals surface area contributed by atoms with Gasteiger partial charge in [-0.2, -0.15) is 0 Å². The van der Waals surface area contributed by atoms with Crippen molar-refractivity contribution in [2.24, 2.45) is 0 Å². The van der Waals surface area contributed by atoms with E-state index in [1.54, 1.807) is 35.2 Å². The van der Waals surface area contributed by atoms with Gasteiger partial charge in [0.05, 0.1) is 5.69 Å². The summed E-state index contributed by atoms with van der Waals surface area (Å²) in [4.78, 5) is 26.0. The molecule has 1 heterocycles. The molecule has 3 rings (SSSR count). The molecule has 0 spiro atoms. The molecule has 2 aromatic rings. The molecule has 1 aliphatic heterocycles. The van der Waals surface area contributed by atoms with E-state index in [0.717, 1.165) is 5.57 Å². The number of rotatable bonds is 4. The largest absolute Gasteiger partial charge is 0.482 e. The van der Waals surface area contributed by atoms with Crippen LogP contribution in [0.4, 0.5) is 11.4 Å². The Hall–Kier alpha value is -3.08. The fourth-order valence-electron chi connectivity index (χ4n) is 2.52. The fraction of sp³-hybridized carbons (Fsp3) is 0.158. The summed E-state index contributed by atoms with van der Waals surface area (Å²) in [5.74, 6) is 0.288. The number of hydrogen-bond acceptors (Lipinski definition) is 3. The van der Waals surface area contributed by atoms with E-state index in [-0.39, 0.29) is 18.4 Å². The molecule has 0 saturated heterocycles. The first-order valence-corrected chi connectivity index (χ1v) is 7.62. The van der Waals surface area contributed by atoms with Crippen molar-refractivity contribution in [3.63, 3.8) is 0 Å². The van der Waals surface area contributed by atoms with Crippen molar-refractivity contribution < 1.29 is 14.3 Å². The number of nitrogens with zero attached hydrogens (tertiary/aromatic N) is 1. The molecule has 1 N–H and O–H groups in total. The van der Waals surface area contributed by atoms with Gasteiger partial charge in [0.1, 0.15) is 5.75 Å².